The Labute approximate surface area is 89.8 Å². The largest absolute Gasteiger partial charge is 0.482 e. The third kappa shape index (κ3) is 1.92. The van der Waals surface area contributed by atoms with E-state index in [0.717, 1.165) is 19.0 Å². The summed E-state index contributed by atoms with van der Waals surface area (Å²) in [5, 5.41) is 19.5. The Bertz CT molecular complexity index is 423. The van der Waals surface area contributed by atoms with E-state index in [-0.39, 0.29) is 17.4 Å². The van der Waals surface area contributed by atoms with Gasteiger partial charge in [0.15, 0.2) is 0 Å². The second-order valence-electron chi connectivity index (χ2n) is 3.39. The predicted molar refractivity (Wildman–Crippen MR) is 51.5 cm³/mol. The molecule has 0 saturated heterocycles. The number of carbonyl (C=O) groups is 1. The highest BCUT2D eigenvalue weighted by Gasteiger charge is 2.31. The summed E-state index contributed by atoms with van der Waals surface area (Å²) < 4.78 is 5.23. The van der Waals surface area contributed by atoms with Crippen molar-refractivity contribution in [2.45, 2.75) is 18.9 Å². The number of pyridine rings is 1. The van der Waals surface area contributed by atoms with Crippen LogP contribution in [0.5, 0.6) is 5.75 Å². The van der Waals surface area contributed by atoms with Gasteiger partial charge in [0.25, 0.3) is 0 Å². The summed E-state index contributed by atoms with van der Waals surface area (Å²) in [6.45, 7) is 0. The van der Waals surface area contributed by atoms with Gasteiger partial charge in [-0.3, -0.25) is 0 Å². The van der Waals surface area contributed by atoms with Gasteiger partial charge >= 0.3 is 11.8 Å². The lowest BCUT2D eigenvalue weighted by atomic mass is 10.2. The predicted octanol–water partition coefficient (Wildman–Crippen LogP) is 1.23. The van der Waals surface area contributed by atoms with Gasteiger partial charge in [0.1, 0.15) is 11.8 Å². The molecule has 0 atom stereocenters. The first-order chi connectivity index (χ1) is 7.59. The highest BCUT2D eigenvalue weighted by molar-refractivity contribution is 5.92. The molecule has 1 fully saturated rings. The SMILES string of the molecule is O=C(O)c1ccnc([N+](=O)[O-])c1OC1CC1. The molecule has 7 heteroatoms. The van der Waals surface area contributed by atoms with E-state index in [1.54, 1.807) is 0 Å². The van der Waals surface area contributed by atoms with Crippen LogP contribution in [0, 0.1) is 10.1 Å². The fourth-order valence-electron chi connectivity index (χ4n) is 1.20. The van der Waals surface area contributed by atoms with Crippen LogP contribution in [0.15, 0.2) is 12.3 Å². The maximum Gasteiger partial charge on any atom is 0.407 e. The summed E-state index contributed by atoms with van der Waals surface area (Å²) in [5.74, 6) is -2.06. The zero-order chi connectivity index (χ0) is 11.7. The molecule has 0 aliphatic heterocycles. The number of aromatic carboxylic acids is 1. The molecule has 0 amide bonds. The molecule has 7 nitrogen and oxygen atoms in total. The number of carboxylic acid groups (broad SMARTS) is 1. The third-order valence-corrected chi connectivity index (χ3v) is 2.10. The molecule has 1 N–H and O–H groups in total. The van der Waals surface area contributed by atoms with Crippen molar-refractivity contribution in [3.05, 3.63) is 27.9 Å². The minimum absolute atomic E-state index is 0.124. The molecule has 1 aromatic heterocycles. The van der Waals surface area contributed by atoms with Gasteiger partial charge in [0.05, 0.1) is 6.10 Å². The van der Waals surface area contributed by atoms with Gasteiger partial charge in [-0.15, -0.1) is 0 Å². The summed E-state index contributed by atoms with van der Waals surface area (Å²) in [7, 11) is 0. The molecule has 1 aliphatic carbocycles. The van der Waals surface area contributed by atoms with Crippen LogP contribution < -0.4 is 4.74 Å². The summed E-state index contributed by atoms with van der Waals surface area (Å²) in [6, 6.07) is 1.19. The molecule has 0 spiro atoms. The zero-order valence-corrected chi connectivity index (χ0v) is 8.12. The average molecular weight is 224 g/mol. The first-order valence-corrected chi connectivity index (χ1v) is 4.63. The first kappa shape index (κ1) is 10.3. The Morgan fingerprint density at radius 2 is 2.31 bits per heavy atom. The topological polar surface area (TPSA) is 103 Å². The molecule has 16 heavy (non-hydrogen) atoms. The number of hydrogen-bond donors (Lipinski definition) is 1. The number of ether oxygens (including phenoxy) is 1. The molecule has 0 bridgehead atoms. The van der Waals surface area contributed by atoms with Crippen molar-refractivity contribution in [2.75, 3.05) is 0 Å². The van der Waals surface area contributed by atoms with Gasteiger partial charge in [0.2, 0.25) is 5.75 Å². The number of carboxylic acids is 1. The van der Waals surface area contributed by atoms with E-state index < -0.39 is 16.7 Å². The van der Waals surface area contributed by atoms with E-state index in [4.69, 9.17) is 9.84 Å². The summed E-state index contributed by atoms with van der Waals surface area (Å²) in [6.07, 6.45) is 2.53. The number of aromatic nitrogens is 1. The Kier molecular flexibility index (Phi) is 2.43. The average Bonchev–Trinajstić information content (AvgIpc) is 3.01. The van der Waals surface area contributed by atoms with Gasteiger partial charge in [-0.25, -0.2) is 4.79 Å². The highest BCUT2D eigenvalue weighted by atomic mass is 16.6. The van der Waals surface area contributed by atoms with E-state index in [1.165, 1.54) is 6.07 Å². The van der Waals surface area contributed by atoms with E-state index in [1.807, 2.05) is 0 Å². The lowest BCUT2D eigenvalue weighted by molar-refractivity contribution is -0.390. The quantitative estimate of drug-likeness (QED) is 0.609. The smallest absolute Gasteiger partial charge is 0.407 e. The van der Waals surface area contributed by atoms with Crippen LogP contribution in [0.3, 0.4) is 0 Å². The van der Waals surface area contributed by atoms with Crippen molar-refractivity contribution in [3.63, 3.8) is 0 Å². The zero-order valence-electron chi connectivity index (χ0n) is 8.12. The molecule has 0 radical (unpaired) electrons. The first-order valence-electron chi connectivity index (χ1n) is 4.63. The molecular formula is C9H8N2O5. The van der Waals surface area contributed by atoms with Crippen molar-refractivity contribution in [1.82, 2.24) is 4.98 Å². The molecule has 0 aromatic carbocycles. The molecular weight excluding hydrogens is 216 g/mol. The van der Waals surface area contributed by atoms with E-state index in [2.05, 4.69) is 4.98 Å². The maximum atomic E-state index is 10.9. The fourth-order valence-corrected chi connectivity index (χ4v) is 1.20. The van der Waals surface area contributed by atoms with Gasteiger partial charge in [-0.2, -0.15) is 0 Å². The summed E-state index contributed by atoms with van der Waals surface area (Å²) in [5.41, 5.74) is -0.228. The molecule has 0 unspecified atom stereocenters. The van der Waals surface area contributed by atoms with E-state index >= 15 is 0 Å². The van der Waals surface area contributed by atoms with Crippen LogP contribution in [-0.4, -0.2) is 27.1 Å². The summed E-state index contributed by atoms with van der Waals surface area (Å²) >= 11 is 0. The van der Waals surface area contributed by atoms with Crippen molar-refractivity contribution in [1.29, 1.82) is 0 Å². The fraction of sp³-hybridized carbons (Fsp3) is 0.333. The lowest BCUT2D eigenvalue weighted by Crippen LogP contribution is -2.08. The van der Waals surface area contributed by atoms with E-state index in [9.17, 15) is 14.9 Å². The monoisotopic (exact) mass is 224 g/mol. The molecule has 1 aliphatic rings. The summed E-state index contributed by atoms with van der Waals surface area (Å²) in [4.78, 5) is 24.3. The van der Waals surface area contributed by atoms with Crippen LogP contribution in [0.1, 0.15) is 23.2 Å². The molecule has 1 saturated carbocycles. The number of nitrogens with zero attached hydrogens (tertiary/aromatic N) is 2. The minimum Gasteiger partial charge on any atom is -0.482 e. The van der Waals surface area contributed by atoms with Crippen LogP contribution in [0.4, 0.5) is 5.82 Å². The lowest BCUT2D eigenvalue weighted by Gasteiger charge is -2.06. The van der Waals surface area contributed by atoms with Crippen LogP contribution in [0.2, 0.25) is 0 Å². The molecule has 1 heterocycles. The third-order valence-electron chi connectivity index (χ3n) is 2.10. The van der Waals surface area contributed by atoms with Gasteiger partial charge < -0.3 is 20.0 Å². The van der Waals surface area contributed by atoms with Gasteiger partial charge in [-0.1, -0.05) is 0 Å². The van der Waals surface area contributed by atoms with Crippen LogP contribution in [0.25, 0.3) is 0 Å². The minimum atomic E-state index is -1.26. The molecule has 84 valence electrons. The number of hydrogen-bond acceptors (Lipinski definition) is 5. The standard InChI is InChI=1S/C9H8N2O5/c12-9(13)6-3-4-10-8(11(14)15)7(6)16-5-1-2-5/h3-5H,1-2H2,(H,12,13). The van der Waals surface area contributed by atoms with Crippen LogP contribution in [-0.2, 0) is 0 Å². The Morgan fingerprint density at radius 1 is 1.62 bits per heavy atom. The molecule has 1 aromatic rings. The maximum absolute atomic E-state index is 10.9. The van der Waals surface area contributed by atoms with Gasteiger partial charge in [-0.05, 0) is 22.7 Å². The van der Waals surface area contributed by atoms with Crippen molar-refractivity contribution < 1.29 is 19.6 Å². The second-order valence-corrected chi connectivity index (χ2v) is 3.39. The Balaban J connectivity index is 2.47. The number of rotatable bonds is 4. The number of nitro groups is 1. The van der Waals surface area contributed by atoms with Crippen molar-refractivity contribution in [2.24, 2.45) is 0 Å². The van der Waals surface area contributed by atoms with Crippen molar-refractivity contribution >= 4 is 11.8 Å². The van der Waals surface area contributed by atoms with Crippen LogP contribution >= 0.6 is 0 Å². The Hall–Kier alpha value is -2.18. The highest BCUT2D eigenvalue weighted by Crippen LogP contribution is 2.34. The Morgan fingerprint density at radius 3 is 2.81 bits per heavy atom. The van der Waals surface area contributed by atoms with Gasteiger partial charge in [0, 0.05) is 6.07 Å². The normalized spacial score (nSPS) is 14.5. The van der Waals surface area contributed by atoms with Crippen molar-refractivity contribution in [3.8, 4) is 5.75 Å². The molecule has 2 rings (SSSR count). The second kappa shape index (κ2) is 3.76. The van der Waals surface area contributed by atoms with E-state index in [0.29, 0.717) is 0 Å².